The molecule has 6 rings (SSSR count). The number of nitrogens with zero attached hydrogens (tertiary/aromatic N) is 5. The molecule has 2 aliphatic rings. The quantitative estimate of drug-likeness (QED) is 0.332. The van der Waals surface area contributed by atoms with E-state index in [4.69, 9.17) is 5.73 Å². The van der Waals surface area contributed by atoms with Crippen molar-refractivity contribution in [3.8, 4) is 11.3 Å². The van der Waals surface area contributed by atoms with Gasteiger partial charge in [0.15, 0.2) is 0 Å². The van der Waals surface area contributed by atoms with Crippen LogP contribution in [0, 0.1) is 17.6 Å². The van der Waals surface area contributed by atoms with Crippen molar-refractivity contribution >= 4 is 23.1 Å². The van der Waals surface area contributed by atoms with Gasteiger partial charge in [-0.05, 0) is 72.6 Å². The van der Waals surface area contributed by atoms with E-state index in [1.165, 1.54) is 16.6 Å². The summed E-state index contributed by atoms with van der Waals surface area (Å²) in [6.07, 6.45) is 7.13. The number of nitrogens with one attached hydrogen (secondary N) is 1. The number of likely N-dealkylation sites (tertiary alicyclic amines) is 1. The van der Waals surface area contributed by atoms with Gasteiger partial charge in [0.05, 0.1) is 41.0 Å². The molecule has 0 bridgehead atoms. The smallest absolute Gasteiger partial charge is 0.229 e. The fourth-order valence-electron chi connectivity index (χ4n) is 5.97. The van der Waals surface area contributed by atoms with E-state index in [-0.39, 0.29) is 41.6 Å². The molecule has 208 valence electrons. The fraction of sp³-hybridized carbons (Fsp3) is 0.379. The molecule has 4 N–H and O–H groups in total. The minimum absolute atomic E-state index is 0.00708. The lowest BCUT2D eigenvalue weighted by Gasteiger charge is -2.36. The molecule has 4 atom stereocenters. The molecule has 4 heterocycles. The maximum absolute atomic E-state index is 15.2. The summed E-state index contributed by atoms with van der Waals surface area (Å²) in [5.74, 6) is -0.966. The first-order valence-corrected chi connectivity index (χ1v) is 13.5. The number of pyridine rings is 1. The van der Waals surface area contributed by atoms with Crippen LogP contribution in [0.3, 0.4) is 0 Å². The standard InChI is InChI=1S/C29H31F2N7O2/c1-16-9-18(12-23(32)28(16)40)20-6-7-33-14-25(20)35-29-34-13-19-4-5-24(36-38(19)29)27-21(30)10-17(11-22(27)31)15-37-8-2-3-26(37)39/h4-7,10-11,13-14,16,18,23,28,40H,2-3,8-9,12,15,32H2,1H3,(H,34,35)/t16-,18+,23+,28-/m0/s1. The molecule has 2 fully saturated rings. The van der Waals surface area contributed by atoms with E-state index in [0.717, 1.165) is 24.1 Å². The minimum Gasteiger partial charge on any atom is -0.391 e. The Morgan fingerprint density at radius 1 is 1.15 bits per heavy atom. The summed E-state index contributed by atoms with van der Waals surface area (Å²) in [6, 6.07) is 7.38. The number of anilines is 2. The van der Waals surface area contributed by atoms with Crippen molar-refractivity contribution in [2.45, 2.75) is 57.2 Å². The highest BCUT2D eigenvalue weighted by Gasteiger charge is 2.34. The van der Waals surface area contributed by atoms with Crippen molar-refractivity contribution in [2.24, 2.45) is 11.7 Å². The largest absolute Gasteiger partial charge is 0.391 e. The Morgan fingerprint density at radius 2 is 1.95 bits per heavy atom. The van der Waals surface area contributed by atoms with Gasteiger partial charge in [0.25, 0.3) is 0 Å². The number of imidazole rings is 1. The van der Waals surface area contributed by atoms with Gasteiger partial charge in [0.1, 0.15) is 11.6 Å². The van der Waals surface area contributed by atoms with E-state index in [1.54, 1.807) is 35.6 Å². The number of aromatic nitrogens is 4. The summed E-state index contributed by atoms with van der Waals surface area (Å²) in [7, 11) is 0. The van der Waals surface area contributed by atoms with Crippen LogP contribution in [0.2, 0.25) is 0 Å². The van der Waals surface area contributed by atoms with Gasteiger partial charge in [0, 0.05) is 31.7 Å². The Kier molecular flexibility index (Phi) is 6.93. The van der Waals surface area contributed by atoms with Crippen LogP contribution in [0.15, 0.2) is 48.9 Å². The topological polar surface area (TPSA) is 122 Å². The first-order valence-electron chi connectivity index (χ1n) is 13.5. The molecular formula is C29H31F2N7O2. The van der Waals surface area contributed by atoms with E-state index < -0.39 is 17.7 Å². The number of halogens is 2. The number of aliphatic hydroxyl groups excluding tert-OH is 1. The third-order valence-corrected chi connectivity index (χ3v) is 8.06. The maximum atomic E-state index is 15.2. The number of hydrogen-bond donors (Lipinski definition) is 3. The van der Waals surface area contributed by atoms with E-state index in [0.29, 0.717) is 36.4 Å². The van der Waals surface area contributed by atoms with Crippen molar-refractivity contribution in [2.75, 3.05) is 11.9 Å². The van der Waals surface area contributed by atoms with Gasteiger partial charge in [0.2, 0.25) is 11.9 Å². The molecule has 0 spiro atoms. The second-order valence-corrected chi connectivity index (χ2v) is 10.9. The van der Waals surface area contributed by atoms with Crippen molar-refractivity contribution in [3.63, 3.8) is 0 Å². The summed E-state index contributed by atoms with van der Waals surface area (Å²) in [5.41, 5.74) is 8.84. The molecule has 40 heavy (non-hydrogen) atoms. The summed E-state index contributed by atoms with van der Waals surface area (Å²) < 4.78 is 32.0. The van der Waals surface area contributed by atoms with Gasteiger partial charge in [-0.2, -0.15) is 9.61 Å². The van der Waals surface area contributed by atoms with E-state index >= 15 is 8.78 Å². The van der Waals surface area contributed by atoms with Gasteiger partial charge in [-0.1, -0.05) is 6.92 Å². The highest BCUT2D eigenvalue weighted by molar-refractivity contribution is 5.78. The zero-order valence-electron chi connectivity index (χ0n) is 22.1. The van der Waals surface area contributed by atoms with E-state index in [9.17, 15) is 9.90 Å². The Hall–Kier alpha value is -3.96. The molecule has 0 unspecified atom stereocenters. The van der Waals surface area contributed by atoms with Crippen LogP contribution in [0.4, 0.5) is 20.4 Å². The van der Waals surface area contributed by atoms with Crippen LogP contribution < -0.4 is 11.1 Å². The Bertz CT molecular complexity index is 1540. The second-order valence-electron chi connectivity index (χ2n) is 10.9. The molecule has 1 amide bonds. The Morgan fingerprint density at radius 3 is 2.67 bits per heavy atom. The lowest BCUT2D eigenvalue weighted by atomic mass is 9.74. The summed E-state index contributed by atoms with van der Waals surface area (Å²) in [6.45, 7) is 2.76. The highest BCUT2D eigenvalue weighted by Crippen LogP contribution is 2.39. The molecule has 1 saturated carbocycles. The van der Waals surface area contributed by atoms with Gasteiger partial charge in [-0.3, -0.25) is 9.78 Å². The zero-order valence-corrected chi connectivity index (χ0v) is 22.1. The van der Waals surface area contributed by atoms with Crippen LogP contribution in [-0.4, -0.2) is 54.2 Å². The van der Waals surface area contributed by atoms with Crippen molar-refractivity contribution in [1.29, 1.82) is 0 Å². The lowest BCUT2D eigenvalue weighted by Crippen LogP contribution is -2.44. The maximum Gasteiger partial charge on any atom is 0.229 e. The average molecular weight is 548 g/mol. The predicted molar refractivity (Wildman–Crippen MR) is 146 cm³/mol. The third-order valence-electron chi connectivity index (χ3n) is 8.06. The second kappa shape index (κ2) is 10.5. The number of rotatable bonds is 6. The van der Waals surface area contributed by atoms with Gasteiger partial charge >= 0.3 is 0 Å². The molecule has 9 nitrogen and oxygen atoms in total. The lowest BCUT2D eigenvalue weighted by molar-refractivity contribution is -0.128. The fourth-order valence-corrected chi connectivity index (χ4v) is 5.97. The van der Waals surface area contributed by atoms with Crippen molar-refractivity contribution in [3.05, 3.63) is 71.7 Å². The van der Waals surface area contributed by atoms with Crippen LogP contribution in [0.5, 0.6) is 0 Å². The average Bonchev–Trinajstić information content (AvgIpc) is 3.52. The summed E-state index contributed by atoms with van der Waals surface area (Å²) in [5, 5.41) is 18.1. The number of carbonyl (C=O) groups is 1. The Labute approximate surface area is 230 Å². The minimum atomic E-state index is -0.748. The van der Waals surface area contributed by atoms with E-state index in [1.807, 2.05) is 13.0 Å². The first kappa shape index (κ1) is 26.3. The van der Waals surface area contributed by atoms with Crippen LogP contribution in [-0.2, 0) is 11.3 Å². The number of benzene rings is 1. The molecule has 0 radical (unpaired) electrons. The van der Waals surface area contributed by atoms with Crippen molar-refractivity contribution < 1.29 is 18.7 Å². The molecule has 3 aromatic heterocycles. The molecule has 1 aliphatic carbocycles. The molecular weight excluding hydrogens is 516 g/mol. The molecule has 1 aliphatic heterocycles. The van der Waals surface area contributed by atoms with Gasteiger partial charge in [-0.25, -0.2) is 13.8 Å². The van der Waals surface area contributed by atoms with Gasteiger partial charge in [-0.15, -0.1) is 0 Å². The van der Waals surface area contributed by atoms with Crippen LogP contribution >= 0.6 is 0 Å². The first-order chi connectivity index (χ1) is 19.3. The Balaban J connectivity index is 1.30. The predicted octanol–water partition coefficient (Wildman–Crippen LogP) is 4.14. The number of hydrogen-bond acceptors (Lipinski definition) is 7. The highest BCUT2D eigenvalue weighted by atomic mass is 19.1. The zero-order chi connectivity index (χ0) is 28.0. The van der Waals surface area contributed by atoms with Crippen molar-refractivity contribution in [1.82, 2.24) is 24.5 Å². The SMILES string of the molecule is C[C@H]1C[C@@H](c2ccncc2Nc2ncc3ccc(-c4c(F)cc(CN5CCCC5=O)cc4F)nn23)C[C@@H](N)[C@H]1O. The van der Waals surface area contributed by atoms with Gasteiger partial charge < -0.3 is 21.1 Å². The van der Waals surface area contributed by atoms with E-state index in [2.05, 4.69) is 20.4 Å². The summed E-state index contributed by atoms with van der Waals surface area (Å²) in [4.78, 5) is 22.3. The number of fused-ring (bicyclic) bond motifs is 1. The number of carbonyl (C=O) groups excluding carboxylic acids is 1. The molecule has 11 heteroatoms. The summed E-state index contributed by atoms with van der Waals surface area (Å²) >= 11 is 0. The normalized spacial score (nSPS) is 23.2. The molecule has 1 aromatic carbocycles. The molecule has 1 saturated heterocycles. The number of nitrogens with two attached hydrogens (primary N) is 1. The number of aliphatic hydroxyl groups is 1. The third kappa shape index (κ3) is 4.90. The van der Waals surface area contributed by atoms with Crippen LogP contribution in [0.1, 0.15) is 49.7 Å². The monoisotopic (exact) mass is 547 g/mol. The number of amides is 1. The molecule has 4 aromatic rings. The van der Waals surface area contributed by atoms with Crippen LogP contribution in [0.25, 0.3) is 16.8 Å².